The van der Waals surface area contributed by atoms with Gasteiger partial charge in [-0.15, -0.1) is 0 Å². The maximum absolute atomic E-state index is 13.5. The molecule has 0 bridgehead atoms. The fraction of sp³-hybridized carbons (Fsp3) is 0. The third kappa shape index (κ3) is 2.83. The van der Waals surface area contributed by atoms with Crippen LogP contribution in [0.2, 0.25) is 5.02 Å². The van der Waals surface area contributed by atoms with Crippen LogP contribution in [-0.2, 0) is 10.0 Å². The van der Waals surface area contributed by atoms with Crippen molar-refractivity contribution in [3.05, 3.63) is 53.1 Å². The molecule has 106 valence electrons. The van der Waals surface area contributed by atoms with E-state index >= 15 is 0 Å². The van der Waals surface area contributed by atoms with E-state index in [9.17, 15) is 22.3 Å². The molecule has 8 heteroatoms. The molecule has 2 rings (SSSR count). The first-order valence-electron chi connectivity index (χ1n) is 5.26. The molecule has 0 atom stereocenters. The molecule has 0 saturated carbocycles. The summed E-state index contributed by atoms with van der Waals surface area (Å²) in [6.45, 7) is 0. The summed E-state index contributed by atoms with van der Waals surface area (Å²) >= 11 is 5.53. The standard InChI is InChI=1S/C12H8ClF2NO3S/c13-8-5-7(14)6-10(12(8)17)16-20(18,19)11-4-2-1-3-9(11)15/h1-6,16-17H. The highest BCUT2D eigenvalue weighted by Crippen LogP contribution is 2.34. The predicted octanol–water partition coefficient (Wildman–Crippen LogP) is 3.12. The van der Waals surface area contributed by atoms with Crippen LogP contribution < -0.4 is 4.72 Å². The summed E-state index contributed by atoms with van der Waals surface area (Å²) in [5.74, 6) is -2.46. The predicted molar refractivity (Wildman–Crippen MR) is 70.3 cm³/mol. The molecule has 2 aromatic carbocycles. The van der Waals surface area contributed by atoms with E-state index in [1.807, 2.05) is 4.72 Å². The Morgan fingerprint density at radius 3 is 2.45 bits per heavy atom. The molecule has 0 aliphatic rings. The van der Waals surface area contributed by atoms with Gasteiger partial charge in [-0.25, -0.2) is 17.2 Å². The van der Waals surface area contributed by atoms with Crippen molar-refractivity contribution in [2.75, 3.05) is 4.72 Å². The van der Waals surface area contributed by atoms with Gasteiger partial charge in [-0.1, -0.05) is 23.7 Å². The minimum atomic E-state index is -4.31. The number of hydrogen-bond donors (Lipinski definition) is 2. The molecular weight excluding hydrogens is 312 g/mol. The summed E-state index contributed by atoms with van der Waals surface area (Å²) in [5, 5.41) is 9.22. The summed E-state index contributed by atoms with van der Waals surface area (Å²) in [6, 6.07) is 6.21. The van der Waals surface area contributed by atoms with Crippen molar-refractivity contribution in [3.63, 3.8) is 0 Å². The van der Waals surface area contributed by atoms with E-state index < -0.39 is 38.0 Å². The number of nitrogens with one attached hydrogen (secondary N) is 1. The van der Waals surface area contributed by atoms with Crippen molar-refractivity contribution in [2.24, 2.45) is 0 Å². The van der Waals surface area contributed by atoms with Crippen LogP contribution >= 0.6 is 11.6 Å². The largest absolute Gasteiger partial charge is 0.504 e. The van der Waals surface area contributed by atoms with E-state index in [0.29, 0.717) is 0 Å². The molecule has 20 heavy (non-hydrogen) atoms. The second kappa shape index (κ2) is 5.26. The number of anilines is 1. The van der Waals surface area contributed by atoms with Crippen molar-refractivity contribution in [1.29, 1.82) is 0 Å². The summed E-state index contributed by atoms with van der Waals surface area (Å²) in [5.41, 5.74) is -0.474. The topological polar surface area (TPSA) is 66.4 Å². The lowest BCUT2D eigenvalue weighted by molar-refractivity contribution is 0.476. The molecule has 0 spiro atoms. The first kappa shape index (κ1) is 14.5. The molecule has 0 aromatic heterocycles. The van der Waals surface area contributed by atoms with E-state index in [-0.39, 0.29) is 5.02 Å². The normalized spacial score (nSPS) is 11.3. The zero-order valence-corrected chi connectivity index (χ0v) is 11.3. The molecule has 0 fully saturated rings. The Morgan fingerprint density at radius 2 is 1.80 bits per heavy atom. The molecule has 0 unspecified atom stereocenters. The lowest BCUT2D eigenvalue weighted by atomic mass is 10.3. The molecule has 4 nitrogen and oxygen atoms in total. The number of halogens is 3. The van der Waals surface area contributed by atoms with Crippen molar-refractivity contribution in [3.8, 4) is 5.75 Å². The highest BCUT2D eigenvalue weighted by molar-refractivity contribution is 7.92. The van der Waals surface area contributed by atoms with E-state index in [1.54, 1.807) is 0 Å². The molecule has 0 aliphatic carbocycles. The molecule has 0 amide bonds. The Kier molecular flexibility index (Phi) is 3.82. The fourth-order valence-corrected chi connectivity index (χ4v) is 2.85. The number of phenols is 1. The average molecular weight is 320 g/mol. The van der Waals surface area contributed by atoms with Gasteiger partial charge in [-0.05, 0) is 18.2 Å². The highest BCUT2D eigenvalue weighted by atomic mass is 35.5. The van der Waals surface area contributed by atoms with E-state index in [0.717, 1.165) is 24.3 Å². The van der Waals surface area contributed by atoms with Gasteiger partial charge in [-0.2, -0.15) is 0 Å². The van der Waals surface area contributed by atoms with Crippen molar-refractivity contribution < 1.29 is 22.3 Å². The first-order chi connectivity index (χ1) is 9.31. The Balaban J connectivity index is 2.47. The zero-order chi connectivity index (χ0) is 14.9. The summed E-state index contributed by atoms with van der Waals surface area (Å²) < 4.78 is 52.4. The average Bonchev–Trinajstić information content (AvgIpc) is 2.35. The molecule has 0 saturated heterocycles. The monoisotopic (exact) mass is 319 g/mol. The van der Waals surface area contributed by atoms with Crippen molar-refractivity contribution in [1.82, 2.24) is 0 Å². The van der Waals surface area contributed by atoms with Crippen LogP contribution in [-0.4, -0.2) is 13.5 Å². The second-order valence-corrected chi connectivity index (χ2v) is 5.88. The van der Waals surface area contributed by atoms with Gasteiger partial charge in [0.05, 0.1) is 10.7 Å². The maximum atomic E-state index is 13.5. The Labute approximate surface area is 118 Å². The minimum Gasteiger partial charge on any atom is -0.504 e. The van der Waals surface area contributed by atoms with E-state index in [4.69, 9.17) is 11.6 Å². The third-order valence-corrected chi connectivity index (χ3v) is 4.09. The molecule has 2 aromatic rings. The van der Waals surface area contributed by atoms with Crippen LogP contribution in [0.3, 0.4) is 0 Å². The van der Waals surface area contributed by atoms with Crippen LogP contribution in [0.1, 0.15) is 0 Å². The first-order valence-corrected chi connectivity index (χ1v) is 7.13. The van der Waals surface area contributed by atoms with E-state index in [1.165, 1.54) is 12.1 Å². The van der Waals surface area contributed by atoms with Crippen LogP contribution in [0.5, 0.6) is 5.75 Å². The molecule has 0 radical (unpaired) electrons. The number of hydrogen-bond acceptors (Lipinski definition) is 3. The maximum Gasteiger partial charge on any atom is 0.264 e. The second-order valence-electron chi connectivity index (χ2n) is 3.82. The Bertz CT molecular complexity index is 765. The number of sulfonamides is 1. The quantitative estimate of drug-likeness (QED) is 0.854. The molecule has 2 N–H and O–H groups in total. The van der Waals surface area contributed by atoms with Crippen molar-refractivity contribution in [2.45, 2.75) is 4.90 Å². The van der Waals surface area contributed by atoms with Gasteiger partial charge in [-0.3, -0.25) is 4.72 Å². The summed E-state index contributed by atoms with van der Waals surface area (Å²) in [7, 11) is -4.31. The van der Waals surface area contributed by atoms with Crippen LogP contribution in [0.15, 0.2) is 41.3 Å². The zero-order valence-electron chi connectivity index (χ0n) is 9.77. The van der Waals surface area contributed by atoms with Gasteiger partial charge in [0.25, 0.3) is 10.0 Å². The smallest absolute Gasteiger partial charge is 0.264 e. The van der Waals surface area contributed by atoms with Gasteiger partial charge in [0, 0.05) is 6.07 Å². The van der Waals surface area contributed by atoms with Gasteiger partial charge in [0.2, 0.25) is 0 Å². The van der Waals surface area contributed by atoms with Gasteiger partial charge in [0.15, 0.2) is 5.75 Å². The number of phenolic OH excluding ortho intramolecular Hbond substituents is 1. The van der Waals surface area contributed by atoms with E-state index in [2.05, 4.69) is 0 Å². The molecular formula is C12H8ClF2NO3S. The number of aromatic hydroxyl groups is 1. The van der Waals surface area contributed by atoms with Gasteiger partial charge >= 0.3 is 0 Å². The van der Waals surface area contributed by atoms with Crippen LogP contribution in [0.4, 0.5) is 14.5 Å². The summed E-state index contributed by atoms with van der Waals surface area (Å²) in [4.78, 5) is -0.625. The lowest BCUT2D eigenvalue weighted by Gasteiger charge is -2.11. The van der Waals surface area contributed by atoms with Gasteiger partial charge < -0.3 is 5.11 Å². The lowest BCUT2D eigenvalue weighted by Crippen LogP contribution is -2.14. The van der Waals surface area contributed by atoms with Crippen molar-refractivity contribution >= 4 is 27.3 Å². The Hall–Kier alpha value is -1.86. The number of rotatable bonds is 3. The molecule has 0 aliphatic heterocycles. The highest BCUT2D eigenvalue weighted by Gasteiger charge is 2.21. The third-order valence-electron chi connectivity index (χ3n) is 2.40. The van der Waals surface area contributed by atoms with Gasteiger partial charge in [0.1, 0.15) is 16.5 Å². The fourth-order valence-electron chi connectivity index (χ4n) is 1.51. The number of benzene rings is 2. The Morgan fingerprint density at radius 1 is 1.15 bits per heavy atom. The summed E-state index contributed by atoms with van der Waals surface area (Å²) in [6.07, 6.45) is 0. The SMILES string of the molecule is O=S(=O)(Nc1cc(F)cc(Cl)c1O)c1ccccc1F. The molecule has 0 heterocycles. The minimum absolute atomic E-state index is 0.365. The van der Waals surface area contributed by atoms with Crippen LogP contribution in [0.25, 0.3) is 0 Å². The van der Waals surface area contributed by atoms with Crippen LogP contribution in [0, 0.1) is 11.6 Å².